The van der Waals surface area contributed by atoms with Crippen LogP contribution in [0.2, 0.25) is 0 Å². The monoisotopic (exact) mass is 208 g/mol. The van der Waals surface area contributed by atoms with Crippen molar-refractivity contribution >= 4 is 0 Å². The van der Waals surface area contributed by atoms with Crippen molar-refractivity contribution in [3.63, 3.8) is 0 Å². The molecule has 1 aromatic rings. The summed E-state index contributed by atoms with van der Waals surface area (Å²) >= 11 is 0. The van der Waals surface area contributed by atoms with Gasteiger partial charge in [-0.3, -0.25) is 0 Å². The second-order valence-corrected chi connectivity index (χ2v) is 4.74. The second kappa shape index (κ2) is 3.93. The molecule has 0 bridgehead atoms. The van der Waals surface area contributed by atoms with E-state index in [4.69, 9.17) is 0 Å². The molecule has 15 heavy (non-hydrogen) atoms. The fourth-order valence-electron chi connectivity index (χ4n) is 2.55. The molecule has 2 heteroatoms. The van der Waals surface area contributed by atoms with E-state index in [-0.39, 0.29) is 5.82 Å². The molecule has 0 saturated heterocycles. The molecule has 0 unspecified atom stereocenters. The normalized spacial score (nSPS) is 31.5. The van der Waals surface area contributed by atoms with Gasteiger partial charge in [0.1, 0.15) is 5.82 Å². The van der Waals surface area contributed by atoms with Gasteiger partial charge in [0.15, 0.2) is 0 Å². The second-order valence-electron chi connectivity index (χ2n) is 4.74. The van der Waals surface area contributed by atoms with E-state index < -0.39 is 5.60 Å². The fraction of sp³-hybridized carbons (Fsp3) is 0.538. The van der Waals surface area contributed by atoms with Crippen LogP contribution in [-0.2, 0) is 5.60 Å². The lowest BCUT2D eigenvalue weighted by molar-refractivity contribution is -0.0179. The van der Waals surface area contributed by atoms with Crippen molar-refractivity contribution in [1.82, 2.24) is 0 Å². The standard InChI is InChI=1S/C13H17FO/c1-10-3-2-8-13(15,9-10)11-4-6-12(14)7-5-11/h4-7,10,15H,2-3,8-9H2,1H3/t10-,13+/m1/s1. The maximum Gasteiger partial charge on any atom is 0.123 e. The lowest BCUT2D eigenvalue weighted by Gasteiger charge is -2.36. The highest BCUT2D eigenvalue weighted by Crippen LogP contribution is 2.39. The van der Waals surface area contributed by atoms with Gasteiger partial charge in [0.05, 0.1) is 5.60 Å². The highest BCUT2D eigenvalue weighted by molar-refractivity contribution is 5.23. The van der Waals surface area contributed by atoms with Crippen LogP contribution in [0.5, 0.6) is 0 Å². The van der Waals surface area contributed by atoms with E-state index in [0.29, 0.717) is 5.92 Å². The van der Waals surface area contributed by atoms with Crippen LogP contribution >= 0.6 is 0 Å². The molecule has 2 atom stereocenters. The average Bonchev–Trinajstić information content (AvgIpc) is 2.18. The molecule has 0 heterocycles. The number of hydrogen-bond acceptors (Lipinski definition) is 1. The Morgan fingerprint density at radius 1 is 1.33 bits per heavy atom. The molecule has 0 spiro atoms. The number of halogens is 1. The molecule has 1 fully saturated rings. The third-order valence-electron chi connectivity index (χ3n) is 3.35. The van der Waals surface area contributed by atoms with E-state index in [0.717, 1.165) is 24.8 Å². The van der Waals surface area contributed by atoms with E-state index in [1.54, 1.807) is 12.1 Å². The van der Waals surface area contributed by atoms with Gasteiger partial charge >= 0.3 is 0 Å². The summed E-state index contributed by atoms with van der Waals surface area (Å²) in [7, 11) is 0. The number of benzene rings is 1. The van der Waals surface area contributed by atoms with Crippen molar-refractivity contribution < 1.29 is 9.50 Å². The van der Waals surface area contributed by atoms with Gasteiger partial charge in [0.2, 0.25) is 0 Å². The van der Waals surface area contributed by atoms with Crippen LogP contribution in [0.1, 0.15) is 38.2 Å². The molecule has 0 amide bonds. The lowest BCUT2D eigenvalue weighted by Crippen LogP contribution is -2.31. The Morgan fingerprint density at radius 3 is 2.60 bits per heavy atom. The van der Waals surface area contributed by atoms with Gasteiger partial charge < -0.3 is 5.11 Å². The summed E-state index contributed by atoms with van der Waals surface area (Å²) in [5.41, 5.74) is 0.126. The SMILES string of the molecule is C[C@@H]1CCC[C@@](O)(c2ccc(F)cc2)C1. The zero-order valence-electron chi connectivity index (χ0n) is 9.04. The Bertz CT molecular complexity index is 333. The Balaban J connectivity index is 2.24. The summed E-state index contributed by atoms with van der Waals surface area (Å²) in [6, 6.07) is 6.25. The third kappa shape index (κ3) is 2.20. The van der Waals surface area contributed by atoms with Gasteiger partial charge in [-0.15, -0.1) is 0 Å². The summed E-state index contributed by atoms with van der Waals surface area (Å²) in [5, 5.41) is 10.5. The van der Waals surface area contributed by atoms with Gasteiger partial charge in [0.25, 0.3) is 0 Å². The lowest BCUT2D eigenvalue weighted by atomic mass is 9.75. The molecule has 1 aliphatic carbocycles. The van der Waals surface area contributed by atoms with Crippen LogP contribution in [0, 0.1) is 11.7 Å². The number of rotatable bonds is 1. The molecule has 2 rings (SSSR count). The zero-order valence-corrected chi connectivity index (χ0v) is 9.04. The first-order valence-corrected chi connectivity index (χ1v) is 5.58. The van der Waals surface area contributed by atoms with Crippen LogP contribution in [-0.4, -0.2) is 5.11 Å². The highest BCUT2D eigenvalue weighted by atomic mass is 19.1. The summed E-state index contributed by atoms with van der Waals surface area (Å²) in [6.45, 7) is 2.16. The first kappa shape index (κ1) is 10.6. The Morgan fingerprint density at radius 2 is 2.00 bits per heavy atom. The van der Waals surface area contributed by atoms with Gasteiger partial charge in [0, 0.05) is 0 Å². The molecule has 0 aliphatic heterocycles. The molecule has 82 valence electrons. The van der Waals surface area contributed by atoms with Gasteiger partial charge in [-0.05, 0) is 42.9 Å². The molecule has 1 aliphatic rings. The van der Waals surface area contributed by atoms with Crippen molar-refractivity contribution in [2.24, 2.45) is 5.92 Å². The van der Waals surface area contributed by atoms with Gasteiger partial charge in [-0.2, -0.15) is 0 Å². The molecule has 0 aromatic heterocycles. The smallest absolute Gasteiger partial charge is 0.123 e. The van der Waals surface area contributed by atoms with Crippen molar-refractivity contribution in [3.8, 4) is 0 Å². The Kier molecular flexibility index (Phi) is 2.79. The van der Waals surface area contributed by atoms with E-state index in [1.807, 2.05) is 0 Å². The predicted molar refractivity (Wildman–Crippen MR) is 57.9 cm³/mol. The molecule has 1 aromatic carbocycles. The van der Waals surface area contributed by atoms with Crippen molar-refractivity contribution in [2.75, 3.05) is 0 Å². The van der Waals surface area contributed by atoms with Crippen molar-refractivity contribution in [2.45, 2.75) is 38.2 Å². The summed E-state index contributed by atoms with van der Waals surface area (Å²) in [6.07, 6.45) is 3.82. The molecule has 1 saturated carbocycles. The van der Waals surface area contributed by atoms with E-state index in [2.05, 4.69) is 6.92 Å². The predicted octanol–water partition coefficient (Wildman–Crippen LogP) is 3.22. The molecule has 1 N–H and O–H groups in total. The minimum atomic E-state index is -0.731. The number of aliphatic hydroxyl groups is 1. The van der Waals surface area contributed by atoms with Crippen LogP contribution in [0.25, 0.3) is 0 Å². The van der Waals surface area contributed by atoms with Crippen LogP contribution in [0.15, 0.2) is 24.3 Å². The van der Waals surface area contributed by atoms with Crippen LogP contribution < -0.4 is 0 Å². The summed E-state index contributed by atoms with van der Waals surface area (Å²) in [5.74, 6) is 0.306. The first-order chi connectivity index (χ1) is 7.10. The highest BCUT2D eigenvalue weighted by Gasteiger charge is 2.33. The third-order valence-corrected chi connectivity index (χ3v) is 3.35. The van der Waals surface area contributed by atoms with E-state index in [1.165, 1.54) is 18.6 Å². The van der Waals surface area contributed by atoms with Gasteiger partial charge in [-0.25, -0.2) is 4.39 Å². The minimum Gasteiger partial charge on any atom is -0.385 e. The van der Waals surface area contributed by atoms with Gasteiger partial charge in [-0.1, -0.05) is 25.5 Å². The maximum absolute atomic E-state index is 12.8. The largest absolute Gasteiger partial charge is 0.385 e. The molecule has 0 radical (unpaired) electrons. The van der Waals surface area contributed by atoms with Crippen molar-refractivity contribution in [3.05, 3.63) is 35.6 Å². The summed E-state index contributed by atoms with van der Waals surface area (Å²) < 4.78 is 12.8. The topological polar surface area (TPSA) is 20.2 Å². The van der Waals surface area contributed by atoms with Crippen LogP contribution in [0.3, 0.4) is 0 Å². The molecule has 1 nitrogen and oxygen atoms in total. The Hall–Kier alpha value is -0.890. The molecular formula is C13H17FO. The first-order valence-electron chi connectivity index (χ1n) is 5.58. The molecular weight excluding hydrogens is 191 g/mol. The number of hydrogen-bond donors (Lipinski definition) is 1. The minimum absolute atomic E-state index is 0.244. The van der Waals surface area contributed by atoms with E-state index >= 15 is 0 Å². The maximum atomic E-state index is 12.8. The van der Waals surface area contributed by atoms with Crippen molar-refractivity contribution in [1.29, 1.82) is 0 Å². The quantitative estimate of drug-likeness (QED) is 0.751. The fourth-order valence-corrected chi connectivity index (χ4v) is 2.55. The van der Waals surface area contributed by atoms with E-state index in [9.17, 15) is 9.50 Å². The summed E-state index contributed by atoms with van der Waals surface area (Å²) in [4.78, 5) is 0. The Labute approximate surface area is 89.9 Å². The zero-order chi connectivity index (χ0) is 10.9. The average molecular weight is 208 g/mol. The van der Waals surface area contributed by atoms with Crippen LogP contribution in [0.4, 0.5) is 4.39 Å².